The number of hydrogen-bond acceptors (Lipinski definition) is 3. The molecule has 0 aliphatic heterocycles. The first kappa shape index (κ1) is 18.2. The number of hydrogen-bond donors (Lipinski definition) is 3. The van der Waals surface area contributed by atoms with Gasteiger partial charge in [0.15, 0.2) is 0 Å². The van der Waals surface area contributed by atoms with Gasteiger partial charge in [0, 0.05) is 6.08 Å². The summed E-state index contributed by atoms with van der Waals surface area (Å²) in [6.07, 6.45) is -3.51. The molecule has 3 N–H and O–H groups in total. The van der Waals surface area contributed by atoms with Crippen LogP contribution in [0.1, 0.15) is 25.0 Å². The zero-order valence-electron chi connectivity index (χ0n) is 12.2. The molecule has 122 valence electrons. The van der Waals surface area contributed by atoms with E-state index in [0.717, 1.165) is 12.1 Å². The summed E-state index contributed by atoms with van der Waals surface area (Å²) in [5.41, 5.74) is -2.04. The molecule has 0 aliphatic rings. The van der Waals surface area contributed by atoms with Crippen LogP contribution in [0.25, 0.3) is 5.57 Å². The lowest BCUT2D eigenvalue weighted by molar-refractivity contribution is -0.137. The summed E-state index contributed by atoms with van der Waals surface area (Å²) in [6, 6.07) is 4.94. The summed E-state index contributed by atoms with van der Waals surface area (Å²) in [7, 11) is 0. The molecule has 7 heteroatoms. The van der Waals surface area contributed by atoms with E-state index in [4.69, 9.17) is 10.2 Å². The highest BCUT2D eigenvalue weighted by molar-refractivity contribution is 5.95. The van der Waals surface area contributed by atoms with Crippen LogP contribution in [0.4, 0.5) is 13.2 Å². The summed E-state index contributed by atoms with van der Waals surface area (Å²) in [5.74, 6) is -0.694. The van der Waals surface area contributed by atoms with Crippen LogP contribution in [0.5, 0.6) is 0 Å². The van der Waals surface area contributed by atoms with Crippen LogP contribution in [0, 0.1) is 0 Å². The van der Waals surface area contributed by atoms with Crippen LogP contribution in [0.15, 0.2) is 30.3 Å². The largest absolute Gasteiger partial charge is 0.416 e. The van der Waals surface area contributed by atoms with Gasteiger partial charge in [-0.3, -0.25) is 4.79 Å². The number of carbonyl (C=O) groups excluding carboxylic acids is 1. The second-order valence-corrected chi connectivity index (χ2v) is 5.24. The number of amides is 1. The fourth-order valence-corrected chi connectivity index (χ4v) is 1.81. The van der Waals surface area contributed by atoms with E-state index in [2.05, 4.69) is 5.32 Å². The molecule has 1 amide bonds. The maximum absolute atomic E-state index is 12.9. The molecule has 0 spiro atoms. The van der Waals surface area contributed by atoms with E-state index in [1.807, 2.05) is 0 Å². The first-order valence-corrected chi connectivity index (χ1v) is 6.52. The Bertz CT molecular complexity index is 563. The molecule has 0 atom stereocenters. The lowest BCUT2D eigenvalue weighted by Crippen LogP contribution is -2.51. The molecule has 0 aliphatic carbocycles. The Balaban J connectivity index is 3.06. The van der Waals surface area contributed by atoms with Crippen LogP contribution >= 0.6 is 0 Å². The fraction of sp³-hybridized carbons (Fsp3) is 0.400. The summed E-state index contributed by atoms with van der Waals surface area (Å²) < 4.78 is 38.8. The number of nitrogens with one attached hydrogen (secondary N) is 1. The van der Waals surface area contributed by atoms with Gasteiger partial charge in [-0.05, 0) is 31.1 Å². The summed E-state index contributed by atoms with van der Waals surface area (Å²) in [6.45, 7) is 1.81. The van der Waals surface area contributed by atoms with Crippen molar-refractivity contribution in [3.05, 3.63) is 41.5 Å². The van der Waals surface area contributed by atoms with Crippen LogP contribution < -0.4 is 5.32 Å². The van der Waals surface area contributed by atoms with Gasteiger partial charge >= 0.3 is 6.18 Å². The van der Waals surface area contributed by atoms with Crippen molar-refractivity contribution in [2.24, 2.45) is 0 Å². The molecule has 0 saturated carbocycles. The first-order chi connectivity index (χ1) is 10.1. The predicted octanol–water partition coefficient (Wildman–Crippen LogP) is 1.97. The molecule has 1 rings (SSSR count). The molecule has 0 bridgehead atoms. The third kappa shape index (κ3) is 4.57. The van der Waals surface area contributed by atoms with Crippen molar-refractivity contribution in [3.8, 4) is 0 Å². The van der Waals surface area contributed by atoms with Gasteiger partial charge in [0.1, 0.15) is 0 Å². The summed E-state index contributed by atoms with van der Waals surface area (Å²) in [5, 5.41) is 20.5. The number of carbonyl (C=O) groups is 1. The number of allylic oxidation sites excluding steroid dienone is 1. The standard InChI is InChI=1S/C15H18F3NO3/c1-10(7-13(22)19-14(2,8-20)9-21)11-5-3-4-6-12(11)15(16,17)18/h3-7,20-21H,8-9H2,1-2H3,(H,19,22). The first-order valence-electron chi connectivity index (χ1n) is 6.52. The topological polar surface area (TPSA) is 69.6 Å². The number of rotatable bonds is 5. The average molecular weight is 317 g/mol. The zero-order chi connectivity index (χ0) is 17.0. The zero-order valence-corrected chi connectivity index (χ0v) is 12.2. The molecule has 1 aromatic carbocycles. The SMILES string of the molecule is CC(=CC(=O)NC(C)(CO)CO)c1ccccc1C(F)(F)F. The molecule has 0 unspecified atom stereocenters. The molecule has 0 heterocycles. The Kier molecular flexibility index (Phi) is 5.73. The number of benzene rings is 1. The molecule has 22 heavy (non-hydrogen) atoms. The van der Waals surface area contributed by atoms with Crippen molar-refractivity contribution in [1.82, 2.24) is 5.32 Å². The Morgan fingerprint density at radius 2 is 1.77 bits per heavy atom. The molecule has 4 nitrogen and oxygen atoms in total. The van der Waals surface area contributed by atoms with Crippen molar-refractivity contribution < 1.29 is 28.2 Å². The van der Waals surface area contributed by atoms with E-state index in [1.165, 1.54) is 32.0 Å². The summed E-state index contributed by atoms with van der Waals surface area (Å²) >= 11 is 0. The minimum Gasteiger partial charge on any atom is -0.394 e. The van der Waals surface area contributed by atoms with Gasteiger partial charge in [-0.25, -0.2) is 0 Å². The maximum Gasteiger partial charge on any atom is 0.416 e. The Morgan fingerprint density at radius 1 is 1.23 bits per heavy atom. The fourth-order valence-electron chi connectivity index (χ4n) is 1.81. The second kappa shape index (κ2) is 6.93. The average Bonchev–Trinajstić information content (AvgIpc) is 2.46. The molecule has 0 radical (unpaired) electrons. The normalized spacial score (nSPS) is 13.1. The van der Waals surface area contributed by atoms with E-state index in [9.17, 15) is 18.0 Å². The van der Waals surface area contributed by atoms with E-state index in [-0.39, 0.29) is 11.1 Å². The van der Waals surface area contributed by atoms with Crippen LogP contribution in [-0.4, -0.2) is 34.9 Å². The number of halogens is 3. The highest BCUT2D eigenvalue weighted by atomic mass is 19.4. The molecule has 0 saturated heterocycles. The Hall–Kier alpha value is -1.86. The Labute approximate surface area is 126 Å². The van der Waals surface area contributed by atoms with Gasteiger partial charge in [0.2, 0.25) is 5.91 Å². The van der Waals surface area contributed by atoms with Crippen LogP contribution in [0.2, 0.25) is 0 Å². The predicted molar refractivity (Wildman–Crippen MR) is 75.8 cm³/mol. The quantitative estimate of drug-likeness (QED) is 0.727. The third-order valence-electron chi connectivity index (χ3n) is 3.13. The lowest BCUT2D eigenvalue weighted by Gasteiger charge is -2.25. The lowest BCUT2D eigenvalue weighted by atomic mass is 9.99. The van der Waals surface area contributed by atoms with Gasteiger partial charge in [0.05, 0.1) is 24.3 Å². The molecular weight excluding hydrogens is 299 g/mol. The molecule has 0 aromatic heterocycles. The van der Waals surface area contributed by atoms with Gasteiger partial charge in [-0.15, -0.1) is 0 Å². The van der Waals surface area contributed by atoms with E-state index < -0.39 is 36.4 Å². The van der Waals surface area contributed by atoms with Crippen molar-refractivity contribution in [2.45, 2.75) is 25.6 Å². The minimum atomic E-state index is -4.52. The number of aliphatic hydroxyl groups excluding tert-OH is 2. The van der Waals surface area contributed by atoms with Crippen LogP contribution in [0.3, 0.4) is 0 Å². The van der Waals surface area contributed by atoms with Crippen LogP contribution in [-0.2, 0) is 11.0 Å². The van der Waals surface area contributed by atoms with Crippen molar-refractivity contribution in [1.29, 1.82) is 0 Å². The maximum atomic E-state index is 12.9. The second-order valence-electron chi connectivity index (χ2n) is 5.24. The van der Waals surface area contributed by atoms with Gasteiger partial charge in [-0.2, -0.15) is 13.2 Å². The minimum absolute atomic E-state index is 0.0974. The van der Waals surface area contributed by atoms with Crippen molar-refractivity contribution in [3.63, 3.8) is 0 Å². The van der Waals surface area contributed by atoms with Gasteiger partial charge in [-0.1, -0.05) is 18.2 Å². The van der Waals surface area contributed by atoms with Crippen molar-refractivity contribution >= 4 is 11.5 Å². The van der Waals surface area contributed by atoms with Gasteiger partial charge < -0.3 is 15.5 Å². The molecule has 0 fully saturated rings. The highest BCUT2D eigenvalue weighted by Gasteiger charge is 2.33. The molecular formula is C15H18F3NO3. The smallest absolute Gasteiger partial charge is 0.394 e. The Morgan fingerprint density at radius 3 is 2.27 bits per heavy atom. The highest BCUT2D eigenvalue weighted by Crippen LogP contribution is 2.34. The van der Waals surface area contributed by atoms with E-state index >= 15 is 0 Å². The number of alkyl halides is 3. The monoisotopic (exact) mass is 317 g/mol. The molecule has 1 aromatic rings. The summed E-state index contributed by atoms with van der Waals surface area (Å²) in [4.78, 5) is 11.8. The van der Waals surface area contributed by atoms with E-state index in [0.29, 0.717) is 0 Å². The van der Waals surface area contributed by atoms with Gasteiger partial charge in [0.25, 0.3) is 0 Å². The van der Waals surface area contributed by atoms with E-state index in [1.54, 1.807) is 0 Å². The number of aliphatic hydroxyl groups is 2. The van der Waals surface area contributed by atoms with Crippen molar-refractivity contribution in [2.75, 3.05) is 13.2 Å². The third-order valence-corrected chi connectivity index (χ3v) is 3.13.